The van der Waals surface area contributed by atoms with Crippen molar-refractivity contribution in [2.45, 2.75) is 26.3 Å². The quantitative estimate of drug-likeness (QED) is 0.425. The third-order valence-electron chi connectivity index (χ3n) is 4.84. The summed E-state index contributed by atoms with van der Waals surface area (Å²) in [5.41, 5.74) is 1.37. The van der Waals surface area contributed by atoms with Crippen molar-refractivity contribution < 1.29 is 14.3 Å². The van der Waals surface area contributed by atoms with Crippen molar-refractivity contribution in [2.75, 3.05) is 17.7 Å². The lowest BCUT2D eigenvalue weighted by molar-refractivity contribution is -0.119. The number of rotatable bonds is 8. The second kappa shape index (κ2) is 10.9. The topological polar surface area (TPSA) is 105 Å². The Bertz CT molecular complexity index is 1090. The van der Waals surface area contributed by atoms with Crippen molar-refractivity contribution >= 4 is 45.7 Å². The first kappa shape index (κ1) is 23.5. The molecule has 0 fully saturated rings. The van der Waals surface area contributed by atoms with E-state index in [1.54, 1.807) is 43.5 Å². The monoisotopic (exact) mass is 473 g/mol. The molecule has 0 saturated carbocycles. The number of benzene rings is 2. The molecule has 3 rings (SSSR count). The Labute approximate surface area is 195 Å². The zero-order valence-electron chi connectivity index (χ0n) is 17.9. The zero-order valence-corrected chi connectivity index (χ0v) is 19.5. The van der Waals surface area contributed by atoms with E-state index in [0.29, 0.717) is 33.0 Å². The van der Waals surface area contributed by atoms with Gasteiger partial charge < -0.3 is 15.4 Å². The van der Waals surface area contributed by atoms with Crippen LogP contribution in [0.3, 0.4) is 0 Å². The van der Waals surface area contributed by atoms with Crippen LogP contribution in [0.15, 0.2) is 48.5 Å². The van der Waals surface area contributed by atoms with E-state index < -0.39 is 12.1 Å². The number of amides is 3. The first-order chi connectivity index (χ1) is 15.4. The number of methoxy groups -OCH3 is 1. The number of nitrogens with one attached hydrogen (secondary N) is 3. The predicted molar refractivity (Wildman–Crippen MR) is 127 cm³/mol. The normalized spacial score (nSPS) is 12.5. The maximum atomic E-state index is 12.9. The Hall–Kier alpha value is -3.17. The molecular weight excluding hydrogens is 450 g/mol. The maximum Gasteiger partial charge on any atom is 0.319 e. The Balaban J connectivity index is 1.67. The van der Waals surface area contributed by atoms with Gasteiger partial charge in [-0.1, -0.05) is 61.4 Å². The van der Waals surface area contributed by atoms with E-state index >= 15 is 0 Å². The highest BCUT2D eigenvalue weighted by molar-refractivity contribution is 7.18. The Morgan fingerprint density at radius 1 is 1.12 bits per heavy atom. The molecule has 10 heteroatoms. The molecule has 3 aromatic rings. The molecule has 0 unspecified atom stereocenters. The molecule has 0 aliphatic carbocycles. The Morgan fingerprint density at radius 3 is 2.62 bits per heavy atom. The molecule has 1 aromatic heterocycles. The van der Waals surface area contributed by atoms with Gasteiger partial charge in [0.25, 0.3) is 0 Å². The summed E-state index contributed by atoms with van der Waals surface area (Å²) in [6.45, 7) is 3.85. The van der Waals surface area contributed by atoms with E-state index in [9.17, 15) is 9.59 Å². The van der Waals surface area contributed by atoms with Gasteiger partial charge in [-0.25, -0.2) is 4.79 Å². The van der Waals surface area contributed by atoms with Gasteiger partial charge in [0.05, 0.1) is 7.11 Å². The summed E-state index contributed by atoms with van der Waals surface area (Å²) in [6, 6.07) is 13.0. The number of anilines is 2. The number of carbonyl (C=O) groups excluding carboxylic acids is 2. The highest BCUT2D eigenvalue weighted by Crippen LogP contribution is 2.28. The number of hydrogen-bond acceptors (Lipinski definition) is 6. The number of carbonyl (C=O) groups is 2. The van der Waals surface area contributed by atoms with Gasteiger partial charge in [0.1, 0.15) is 16.8 Å². The molecule has 2 aromatic carbocycles. The van der Waals surface area contributed by atoms with E-state index in [-0.39, 0.29) is 11.8 Å². The fourth-order valence-corrected chi connectivity index (χ4v) is 3.84. The van der Waals surface area contributed by atoms with Gasteiger partial charge in [-0.15, -0.1) is 10.2 Å². The number of urea groups is 1. The van der Waals surface area contributed by atoms with Gasteiger partial charge in [0.2, 0.25) is 11.0 Å². The highest BCUT2D eigenvalue weighted by Gasteiger charge is 2.27. The van der Waals surface area contributed by atoms with E-state index in [0.717, 1.165) is 5.56 Å². The highest BCUT2D eigenvalue weighted by atomic mass is 35.5. The third-order valence-corrected chi connectivity index (χ3v) is 5.96. The minimum Gasteiger partial charge on any atom is -0.497 e. The van der Waals surface area contributed by atoms with E-state index in [2.05, 4.69) is 26.1 Å². The number of halogens is 1. The van der Waals surface area contributed by atoms with Gasteiger partial charge >= 0.3 is 6.03 Å². The van der Waals surface area contributed by atoms with Gasteiger partial charge in [-0.2, -0.15) is 0 Å². The van der Waals surface area contributed by atoms with Crippen molar-refractivity contribution in [2.24, 2.45) is 5.92 Å². The summed E-state index contributed by atoms with van der Waals surface area (Å²) in [7, 11) is 1.55. The molecule has 0 radical (unpaired) electrons. The molecule has 8 nitrogen and oxygen atoms in total. The molecule has 0 saturated heterocycles. The number of aromatic nitrogens is 2. The van der Waals surface area contributed by atoms with Crippen LogP contribution in [0.5, 0.6) is 5.75 Å². The summed E-state index contributed by atoms with van der Waals surface area (Å²) in [4.78, 5) is 25.5. The summed E-state index contributed by atoms with van der Waals surface area (Å²) in [6.07, 6.45) is 0.696. The van der Waals surface area contributed by atoms with Crippen molar-refractivity contribution in [3.05, 3.63) is 53.6 Å². The van der Waals surface area contributed by atoms with Crippen LogP contribution in [0, 0.1) is 5.92 Å². The molecule has 1 heterocycles. The van der Waals surface area contributed by atoms with Crippen LogP contribution in [-0.2, 0) is 4.79 Å². The molecule has 2 atom stereocenters. The number of nitrogens with zero attached hydrogens (tertiary/aromatic N) is 2. The van der Waals surface area contributed by atoms with Crippen molar-refractivity contribution in [1.82, 2.24) is 15.5 Å². The summed E-state index contributed by atoms with van der Waals surface area (Å²) in [5, 5.41) is 18.0. The van der Waals surface area contributed by atoms with E-state index in [1.165, 1.54) is 11.3 Å². The first-order valence-electron chi connectivity index (χ1n) is 10.0. The van der Waals surface area contributed by atoms with Crippen LogP contribution in [0.2, 0.25) is 5.02 Å². The smallest absolute Gasteiger partial charge is 0.319 e. The lowest BCUT2D eigenvalue weighted by Crippen LogP contribution is -2.49. The second-order valence-corrected chi connectivity index (χ2v) is 8.52. The van der Waals surface area contributed by atoms with Crippen molar-refractivity contribution in [3.63, 3.8) is 0 Å². The molecule has 0 aliphatic heterocycles. The largest absolute Gasteiger partial charge is 0.497 e. The SMILES string of the molecule is CC[C@@H](C)[C@@H](NC(=O)Nc1cccc(OC)c1)C(=O)Nc1nnc(-c2cccc(Cl)c2)s1. The minimum absolute atomic E-state index is 0.105. The van der Waals surface area contributed by atoms with Crippen molar-refractivity contribution in [1.29, 1.82) is 0 Å². The lowest BCUT2D eigenvalue weighted by atomic mass is 9.98. The molecule has 32 heavy (non-hydrogen) atoms. The van der Waals surface area contributed by atoms with Crippen LogP contribution in [0.1, 0.15) is 20.3 Å². The molecule has 0 spiro atoms. The zero-order chi connectivity index (χ0) is 23.1. The third kappa shape index (κ3) is 6.18. The molecule has 3 amide bonds. The summed E-state index contributed by atoms with van der Waals surface area (Å²) in [5.74, 6) is 0.145. The average molecular weight is 474 g/mol. The number of ether oxygens (including phenoxy) is 1. The van der Waals surface area contributed by atoms with Gasteiger partial charge in [-0.3, -0.25) is 10.1 Å². The van der Waals surface area contributed by atoms with Crippen LogP contribution in [0.4, 0.5) is 15.6 Å². The van der Waals surface area contributed by atoms with Crippen molar-refractivity contribution in [3.8, 4) is 16.3 Å². The second-order valence-electron chi connectivity index (χ2n) is 7.11. The summed E-state index contributed by atoms with van der Waals surface area (Å²) >= 11 is 7.27. The van der Waals surface area contributed by atoms with Crippen LogP contribution in [0.25, 0.3) is 10.6 Å². The fourth-order valence-electron chi connectivity index (χ4n) is 2.91. The molecule has 0 aliphatic rings. The van der Waals surface area contributed by atoms with Crippen LogP contribution >= 0.6 is 22.9 Å². The molecule has 0 bridgehead atoms. The van der Waals surface area contributed by atoms with E-state index in [4.69, 9.17) is 16.3 Å². The van der Waals surface area contributed by atoms with Gasteiger partial charge in [0, 0.05) is 22.3 Å². The first-order valence-corrected chi connectivity index (χ1v) is 11.2. The lowest BCUT2D eigenvalue weighted by Gasteiger charge is -2.23. The summed E-state index contributed by atoms with van der Waals surface area (Å²) < 4.78 is 5.16. The van der Waals surface area contributed by atoms with Crippen LogP contribution in [-0.4, -0.2) is 35.3 Å². The molecule has 3 N–H and O–H groups in total. The Kier molecular flexibility index (Phi) is 8.02. The average Bonchev–Trinajstić information content (AvgIpc) is 3.25. The number of hydrogen-bond donors (Lipinski definition) is 3. The Morgan fingerprint density at radius 2 is 1.91 bits per heavy atom. The molecule has 168 valence electrons. The maximum absolute atomic E-state index is 12.9. The fraction of sp³-hybridized carbons (Fsp3) is 0.273. The minimum atomic E-state index is -0.760. The van der Waals surface area contributed by atoms with E-state index in [1.807, 2.05) is 26.0 Å². The van der Waals surface area contributed by atoms with Crippen LogP contribution < -0.4 is 20.7 Å². The van der Waals surface area contributed by atoms with Gasteiger partial charge in [-0.05, 0) is 30.2 Å². The predicted octanol–water partition coefficient (Wildman–Crippen LogP) is 5.04. The van der Waals surface area contributed by atoms with Gasteiger partial charge in [0.15, 0.2) is 0 Å². The standard InChI is InChI=1S/C22H24ClN5O3S/c1-4-13(2)18(25-21(30)24-16-9-6-10-17(12-16)31-3)19(29)26-22-28-27-20(32-22)14-7-5-8-15(23)11-14/h5-13,18H,4H2,1-3H3,(H2,24,25,30)(H,26,28,29)/t13-,18-/m1/s1. The molecular formula is C22H24ClN5O3S.